The van der Waals surface area contributed by atoms with Crippen LogP contribution in [0.25, 0.3) is 0 Å². The summed E-state index contributed by atoms with van der Waals surface area (Å²) in [4.78, 5) is 2.03. The molecule has 1 saturated heterocycles. The number of piperidine rings is 1. The first-order valence-electron chi connectivity index (χ1n) is 6.12. The molecule has 0 aliphatic carbocycles. The maximum Gasteiger partial charge on any atom is 0.387 e. The molecule has 0 saturated carbocycles. The van der Waals surface area contributed by atoms with Gasteiger partial charge in [-0.2, -0.15) is 8.78 Å². The van der Waals surface area contributed by atoms with Gasteiger partial charge in [-0.15, -0.1) is 0 Å². The first-order chi connectivity index (χ1) is 8.56. The topological polar surface area (TPSA) is 38.5 Å². The minimum atomic E-state index is -2.80. The van der Waals surface area contributed by atoms with Crippen LogP contribution >= 0.6 is 0 Å². The van der Waals surface area contributed by atoms with Crippen molar-refractivity contribution in [3.8, 4) is 5.75 Å². The molecule has 1 fully saturated rings. The number of halogens is 2. The van der Waals surface area contributed by atoms with Gasteiger partial charge in [-0.05, 0) is 37.5 Å². The number of nitrogens with two attached hydrogens (primary N) is 1. The van der Waals surface area contributed by atoms with Crippen LogP contribution in [-0.4, -0.2) is 25.7 Å². The first kappa shape index (κ1) is 13.1. The molecule has 18 heavy (non-hydrogen) atoms. The Labute approximate surface area is 106 Å². The predicted octanol–water partition coefficient (Wildman–Crippen LogP) is 2.52. The third-order valence-corrected chi connectivity index (χ3v) is 3.13. The monoisotopic (exact) mass is 256 g/mol. The Morgan fingerprint density at radius 2 is 2.22 bits per heavy atom. The Bertz CT molecular complexity index is 412. The number of aryl methyl sites for hydroxylation is 1. The average Bonchev–Trinajstić information content (AvgIpc) is 2.31. The zero-order valence-corrected chi connectivity index (χ0v) is 10.4. The highest BCUT2D eigenvalue weighted by molar-refractivity contribution is 5.60. The van der Waals surface area contributed by atoms with Gasteiger partial charge in [0, 0.05) is 19.1 Å². The number of anilines is 1. The molecule has 0 spiro atoms. The number of hydrogen-bond donors (Lipinski definition) is 1. The third kappa shape index (κ3) is 3.10. The highest BCUT2D eigenvalue weighted by Crippen LogP contribution is 2.32. The van der Waals surface area contributed by atoms with Crippen molar-refractivity contribution in [1.29, 1.82) is 0 Å². The van der Waals surface area contributed by atoms with Gasteiger partial charge in [0.05, 0.1) is 5.69 Å². The molecule has 1 aliphatic rings. The fourth-order valence-electron chi connectivity index (χ4n) is 2.30. The van der Waals surface area contributed by atoms with E-state index in [1.54, 1.807) is 12.1 Å². The lowest BCUT2D eigenvalue weighted by Crippen LogP contribution is -2.43. The van der Waals surface area contributed by atoms with Crippen molar-refractivity contribution in [2.45, 2.75) is 32.4 Å². The van der Waals surface area contributed by atoms with Crippen LogP contribution in [0.1, 0.15) is 18.4 Å². The molecular formula is C13H18F2N2O. The molecule has 0 bridgehead atoms. The summed E-state index contributed by atoms with van der Waals surface area (Å²) in [5, 5.41) is 0. The van der Waals surface area contributed by atoms with E-state index in [1.165, 1.54) is 0 Å². The van der Waals surface area contributed by atoms with Crippen molar-refractivity contribution in [1.82, 2.24) is 0 Å². The van der Waals surface area contributed by atoms with Gasteiger partial charge in [0.15, 0.2) is 0 Å². The van der Waals surface area contributed by atoms with Crippen LogP contribution in [0.3, 0.4) is 0 Å². The normalized spacial score (nSPS) is 20.3. The Hall–Kier alpha value is -1.36. The van der Waals surface area contributed by atoms with Crippen LogP contribution < -0.4 is 15.4 Å². The van der Waals surface area contributed by atoms with Gasteiger partial charge >= 0.3 is 6.61 Å². The predicted molar refractivity (Wildman–Crippen MR) is 67.2 cm³/mol. The summed E-state index contributed by atoms with van der Waals surface area (Å²) >= 11 is 0. The third-order valence-electron chi connectivity index (χ3n) is 3.13. The maximum atomic E-state index is 12.4. The van der Waals surface area contributed by atoms with E-state index in [9.17, 15) is 8.78 Å². The molecule has 1 atom stereocenters. The lowest BCUT2D eigenvalue weighted by molar-refractivity contribution is -0.0495. The Morgan fingerprint density at radius 3 is 2.89 bits per heavy atom. The van der Waals surface area contributed by atoms with E-state index in [0.717, 1.165) is 24.9 Å². The average molecular weight is 256 g/mol. The standard InChI is InChI=1S/C13H18F2N2O/c1-9-4-5-12(18-13(14)15)11(7-9)17-6-2-3-10(16)8-17/h4-5,7,10,13H,2-3,6,8,16H2,1H3. The zero-order chi connectivity index (χ0) is 13.1. The number of hydrogen-bond acceptors (Lipinski definition) is 3. The Kier molecular flexibility index (Phi) is 4.01. The van der Waals surface area contributed by atoms with E-state index >= 15 is 0 Å². The van der Waals surface area contributed by atoms with Gasteiger partial charge in [-0.1, -0.05) is 6.07 Å². The van der Waals surface area contributed by atoms with Gasteiger partial charge in [0.25, 0.3) is 0 Å². The van der Waals surface area contributed by atoms with E-state index in [0.29, 0.717) is 12.2 Å². The number of nitrogens with zero attached hydrogens (tertiary/aromatic N) is 1. The molecule has 1 unspecified atom stereocenters. The van der Waals surface area contributed by atoms with Crippen molar-refractivity contribution in [2.24, 2.45) is 5.73 Å². The minimum Gasteiger partial charge on any atom is -0.433 e. The van der Waals surface area contributed by atoms with Crippen molar-refractivity contribution in [3.05, 3.63) is 23.8 Å². The molecule has 1 aromatic rings. The number of rotatable bonds is 3. The van der Waals surface area contributed by atoms with Gasteiger partial charge in [-0.3, -0.25) is 0 Å². The number of benzene rings is 1. The fourth-order valence-corrected chi connectivity index (χ4v) is 2.30. The summed E-state index contributed by atoms with van der Waals surface area (Å²) in [6.45, 7) is 0.643. The van der Waals surface area contributed by atoms with Gasteiger partial charge in [0.1, 0.15) is 5.75 Å². The maximum absolute atomic E-state index is 12.4. The van der Waals surface area contributed by atoms with Crippen molar-refractivity contribution in [3.63, 3.8) is 0 Å². The molecule has 0 radical (unpaired) electrons. The second-order valence-corrected chi connectivity index (χ2v) is 4.70. The largest absolute Gasteiger partial charge is 0.433 e. The summed E-state index contributed by atoms with van der Waals surface area (Å²) in [7, 11) is 0. The minimum absolute atomic E-state index is 0.0960. The summed E-state index contributed by atoms with van der Waals surface area (Å²) < 4.78 is 29.3. The zero-order valence-electron chi connectivity index (χ0n) is 10.4. The molecule has 2 N–H and O–H groups in total. The second-order valence-electron chi connectivity index (χ2n) is 4.70. The number of alkyl halides is 2. The van der Waals surface area contributed by atoms with Crippen molar-refractivity contribution in [2.75, 3.05) is 18.0 Å². The molecule has 0 amide bonds. The molecular weight excluding hydrogens is 238 g/mol. The van der Waals surface area contributed by atoms with Crippen LogP contribution in [0.5, 0.6) is 5.75 Å². The van der Waals surface area contributed by atoms with Crippen LogP contribution in [-0.2, 0) is 0 Å². The SMILES string of the molecule is Cc1ccc(OC(F)F)c(N2CCCC(N)C2)c1. The van der Waals surface area contributed by atoms with Gasteiger partial charge < -0.3 is 15.4 Å². The summed E-state index contributed by atoms with van der Waals surface area (Å²) in [6.07, 6.45) is 1.95. The Balaban J connectivity index is 2.26. The van der Waals surface area contributed by atoms with E-state index in [-0.39, 0.29) is 11.8 Å². The molecule has 1 aromatic carbocycles. The smallest absolute Gasteiger partial charge is 0.387 e. The van der Waals surface area contributed by atoms with Crippen LogP contribution in [0.2, 0.25) is 0 Å². The molecule has 0 aromatic heterocycles. The highest BCUT2D eigenvalue weighted by Gasteiger charge is 2.21. The van der Waals surface area contributed by atoms with E-state index < -0.39 is 6.61 Å². The molecule has 1 aliphatic heterocycles. The molecule has 1 heterocycles. The van der Waals surface area contributed by atoms with Gasteiger partial charge in [0.2, 0.25) is 0 Å². The first-order valence-corrected chi connectivity index (χ1v) is 6.12. The Morgan fingerprint density at radius 1 is 1.44 bits per heavy atom. The van der Waals surface area contributed by atoms with E-state index in [1.807, 2.05) is 17.9 Å². The van der Waals surface area contributed by atoms with E-state index in [2.05, 4.69) is 4.74 Å². The molecule has 2 rings (SSSR count). The van der Waals surface area contributed by atoms with Crippen LogP contribution in [0, 0.1) is 6.92 Å². The fraction of sp³-hybridized carbons (Fsp3) is 0.538. The lowest BCUT2D eigenvalue weighted by Gasteiger charge is -2.33. The second kappa shape index (κ2) is 5.52. The van der Waals surface area contributed by atoms with Crippen molar-refractivity contribution < 1.29 is 13.5 Å². The molecule has 5 heteroatoms. The highest BCUT2D eigenvalue weighted by atomic mass is 19.3. The lowest BCUT2D eigenvalue weighted by atomic mass is 10.0. The summed E-state index contributed by atoms with van der Waals surface area (Å²) in [5.74, 6) is 0.227. The number of ether oxygens (including phenoxy) is 1. The molecule has 100 valence electrons. The van der Waals surface area contributed by atoms with Crippen LogP contribution in [0.4, 0.5) is 14.5 Å². The quantitative estimate of drug-likeness (QED) is 0.903. The van der Waals surface area contributed by atoms with E-state index in [4.69, 9.17) is 5.73 Å². The summed E-state index contributed by atoms with van der Waals surface area (Å²) in [5.41, 5.74) is 7.65. The van der Waals surface area contributed by atoms with Crippen molar-refractivity contribution >= 4 is 5.69 Å². The summed E-state index contributed by atoms with van der Waals surface area (Å²) in [6, 6.07) is 5.33. The van der Waals surface area contributed by atoms with Gasteiger partial charge in [-0.25, -0.2) is 0 Å². The van der Waals surface area contributed by atoms with Crippen LogP contribution in [0.15, 0.2) is 18.2 Å². The molecule has 3 nitrogen and oxygen atoms in total.